The number of nitrogens with one attached hydrogen (secondary N) is 2. The Morgan fingerprint density at radius 3 is 2.47 bits per heavy atom. The smallest absolute Gasteiger partial charge is 0.214 e. The Labute approximate surface area is 178 Å². The predicted octanol–water partition coefficient (Wildman–Crippen LogP) is -0.183. The highest BCUT2D eigenvalue weighted by Crippen LogP contribution is 2.27. The van der Waals surface area contributed by atoms with Crippen LogP contribution in [0.2, 0.25) is 0 Å². The number of methoxy groups -OCH3 is 1. The van der Waals surface area contributed by atoms with Gasteiger partial charge in [0.05, 0.1) is 19.2 Å². The predicted molar refractivity (Wildman–Crippen MR) is 115 cm³/mol. The van der Waals surface area contributed by atoms with E-state index in [4.69, 9.17) is 4.74 Å². The summed E-state index contributed by atoms with van der Waals surface area (Å²) in [4.78, 5) is 3.17. The molecule has 0 radical (unpaired) electrons. The molecule has 1 saturated heterocycles. The minimum Gasteiger partial charge on any atom is -0.496 e. The second-order valence-corrected chi connectivity index (χ2v) is 7.93. The lowest BCUT2D eigenvalue weighted by atomic mass is 10.0. The molecule has 2 aromatic carbocycles. The molecule has 0 bridgehead atoms. The van der Waals surface area contributed by atoms with Crippen LogP contribution in [-0.4, -0.2) is 60.0 Å². The van der Waals surface area contributed by atoms with Crippen molar-refractivity contribution in [3.63, 3.8) is 0 Å². The molecule has 1 aliphatic rings. The molecule has 158 valence electrons. The number of benzene rings is 2. The van der Waals surface area contributed by atoms with Crippen LogP contribution in [0, 0.1) is 0 Å². The number of para-hydroxylation sites is 1. The molecule has 7 nitrogen and oxygen atoms in total. The Morgan fingerprint density at radius 1 is 1.00 bits per heavy atom. The highest BCUT2D eigenvalue weighted by atomic mass is 16.5. The summed E-state index contributed by atoms with van der Waals surface area (Å²) in [6.07, 6.45) is 0.903. The molecule has 0 unspecified atom stereocenters. The van der Waals surface area contributed by atoms with E-state index in [0.29, 0.717) is 0 Å². The van der Waals surface area contributed by atoms with Gasteiger partial charge in [-0.25, -0.2) is 4.68 Å². The maximum Gasteiger partial charge on any atom is 0.214 e. The van der Waals surface area contributed by atoms with Crippen molar-refractivity contribution in [3.05, 3.63) is 71.5 Å². The molecule has 7 heteroatoms. The van der Waals surface area contributed by atoms with Gasteiger partial charge in [-0.15, -0.1) is 5.10 Å². The second-order valence-electron chi connectivity index (χ2n) is 7.93. The number of likely N-dealkylation sites (N-methyl/N-ethyl adjacent to an activating group) is 1. The quantitative estimate of drug-likeness (QED) is 0.543. The van der Waals surface area contributed by atoms with Crippen molar-refractivity contribution < 1.29 is 14.5 Å². The minimum atomic E-state index is 0.0605. The third-order valence-corrected chi connectivity index (χ3v) is 6.23. The Hall–Kier alpha value is -2.77. The van der Waals surface area contributed by atoms with Gasteiger partial charge in [0.2, 0.25) is 5.82 Å². The van der Waals surface area contributed by atoms with Crippen LogP contribution < -0.4 is 14.5 Å². The molecule has 0 amide bonds. The van der Waals surface area contributed by atoms with E-state index < -0.39 is 0 Å². The van der Waals surface area contributed by atoms with Gasteiger partial charge in [-0.3, -0.25) is 0 Å². The van der Waals surface area contributed by atoms with Gasteiger partial charge in [-0.2, -0.15) is 0 Å². The molecule has 30 heavy (non-hydrogen) atoms. The SMILES string of the molecule is CC[NH+]1CC[NH+]([C@H](c2ccccc2OC)c2nnnn2CCc2ccccc2)CC1. The van der Waals surface area contributed by atoms with Crippen molar-refractivity contribution >= 4 is 0 Å². The van der Waals surface area contributed by atoms with Crippen LogP contribution in [0.4, 0.5) is 0 Å². The molecule has 1 aromatic heterocycles. The topological polar surface area (TPSA) is 61.7 Å². The first-order valence-electron chi connectivity index (χ1n) is 10.9. The number of aromatic nitrogens is 4. The van der Waals surface area contributed by atoms with E-state index in [1.165, 1.54) is 30.1 Å². The van der Waals surface area contributed by atoms with Gasteiger partial charge in [0.25, 0.3) is 0 Å². The highest BCUT2D eigenvalue weighted by Gasteiger charge is 2.36. The molecule has 2 heterocycles. The number of rotatable bonds is 8. The van der Waals surface area contributed by atoms with Crippen molar-refractivity contribution in [1.29, 1.82) is 0 Å². The molecule has 0 aliphatic carbocycles. The van der Waals surface area contributed by atoms with Gasteiger partial charge in [0, 0.05) is 6.54 Å². The van der Waals surface area contributed by atoms with E-state index >= 15 is 0 Å². The molecule has 1 atom stereocenters. The maximum atomic E-state index is 5.73. The summed E-state index contributed by atoms with van der Waals surface area (Å²) in [6.45, 7) is 8.74. The van der Waals surface area contributed by atoms with E-state index in [2.05, 4.69) is 58.8 Å². The Balaban J connectivity index is 1.64. The summed E-state index contributed by atoms with van der Waals surface area (Å²) in [7, 11) is 1.74. The summed E-state index contributed by atoms with van der Waals surface area (Å²) in [5.41, 5.74) is 2.45. The van der Waals surface area contributed by atoms with E-state index in [1.54, 1.807) is 12.0 Å². The normalized spacial score (nSPS) is 20.1. The molecule has 0 saturated carbocycles. The summed E-state index contributed by atoms with van der Waals surface area (Å²) < 4.78 is 7.71. The van der Waals surface area contributed by atoms with Crippen LogP contribution in [0.1, 0.15) is 29.9 Å². The third kappa shape index (κ3) is 4.52. The second kappa shape index (κ2) is 9.82. The first-order chi connectivity index (χ1) is 14.8. The fraction of sp³-hybridized carbons (Fsp3) is 0.435. The molecule has 0 spiro atoms. The average Bonchev–Trinajstić information content (AvgIpc) is 3.27. The zero-order valence-corrected chi connectivity index (χ0v) is 17.9. The molecule has 3 aromatic rings. The van der Waals surface area contributed by atoms with Crippen LogP contribution >= 0.6 is 0 Å². The van der Waals surface area contributed by atoms with Crippen molar-refractivity contribution in [1.82, 2.24) is 20.2 Å². The number of hydrogen-bond donors (Lipinski definition) is 2. The first kappa shape index (κ1) is 20.5. The molecule has 1 fully saturated rings. The lowest BCUT2D eigenvalue weighted by Gasteiger charge is -2.34. The van der Waals surface area contributed by atoms with Gasteiger partial charge in [0.15, 0.2) is 6.04 Å². The number of aryl methyl sites for hydroxylation is 2. The van der Waals surface area contributed by atoms with Crippen LogP contribution in [0.15, 0.2) is 54.6 Å². The van der Waals surface area contributed by atoms with Crippen LogP contribution in [-0.2, 0) is 13.0 Å². The number of quaternary nitrogens is 2. The highest BCUT2D eigenvalue weighted by molar-refractivity contribution is 5.37. The number of hydrogen-bond acceptors (Lipinski definition) is 4. The van der Waals surface area contributed by atoms with Crippen molar-refractivity contribution in [3.8, 4) is 5.75 Å². The Bertz CT molecular complexity index is 920. The minimum absolute atomic E-state index is 0.0605. The summed E-state index contributed by atoms with van der Waals surface area (Å²) in [5, 5.41) is 12.9. The van der Waals surface area contributed by atoms with E-state index in [-0.39, 0.29) is 6.04 Å². The van der Waals surface area contributed by atoms with Gasteiger partial charge in [0.1, 0.15) is 31.9 Å². The van der Waals surface area contributed by atoms with E-state index in [0.717, 1.165) is 43.2 Å². The van der Waals surface area contributed by atoms with Crippen molar-refractivity contribution in [2.45, 2.75) is 25.9 Å². The zero-order valence-electron chi connectivity index (χ0n) is 17.9. The molecular formula is C23H32N6O+2. The zero-order chi connectivity index (χ0) is 20.8. The average molecular weight is 409 g/mol. The molecule has 1 aliphatic heterocycles. The Kier molecular flexibility index (Phi) is 6.71. The number of nitrogens with zero attached hydrogens (tertiary/aromatic N) is 4. The summed E-state index contributed by atoms with van der Waals surface area (Å²) in [6, 6.07) is 18.9. The van der Waals surface area contributed by atoms with E-state index in [9.17, 15) is 0 Å². The fourth-order valence-corrected chi connectivity index (χ4v) is 4.47. The van der Waals surface area contributed by atoms with Gasteiger partial charge < -0.3 is 14.5 Å². The molecule has 2 N–H and O–H groups in total. The maximum absolute atomic E-state index is 5.73. The van der Waals surface area contributed by atoms with Crippen LogP contribution in [0.3, 0.4) is 0 Å². The number of tetrazole rings is 1. The lowest BCUT2D eigenvalue weighted by molar-refractivity contribution is -1.02. The Morgan fingerprint density at radius 2 is 1.73 bits per heavy atom. The summed E-state index contributed by atoms with van der Waals surface area (Å²) >= 11 is 0. The van der Waals surface area contributed by atoms with Gasteiger partial charge in [-0.1, -0.05) is 42.5 Å². The summed E-state index contributed by atoms with van der Waals surface area (Å²) in [5.74, 6) is 1.82. The number of ether oxygens (including phenoxy) is 1. The van der Waals surface area contributed by atoms with Crippen molar-refractivity contribution in [2.75, 3.05) is 39.8 Å². The lowest BCUT2D eigenvalue weighted by Crippen LogP contribution is -3.28. The third-order valence-electron chi connectivity index (χ3n) is 6.23. The largest absolute Gasteiger partial charge is 0.496 e. The van der Waals surface area contributed by atoms with Gasteiger partial charge in [-0.05, 0) is 41.5 Å². The van der Waals surface area contributed by atoms with Crippen LogP contribution in [0.5, 0.6) is 5.75 Å². The standard InChI is InChI=1S/C23H30N6O/c1-3-27-15-17-28(18-16-27)22(20-11-7-8-12-21(20)30-2)23-24-25-26-29(23)14-13-19-9-5-4-6-10-19/h4-12,22H,3,13-18H2,1-2H3/p+2/t22-/m1/s1. The number of piperazine rings is 1. The van der Waals surface area contributed by atoms with E-state index in [1.807, 2.05) is 22.9 Å². The van der Waals surface area contributed by atoms with Gasteiger partial charge >= 0.3 is 0 Å². The first-order valence-corrected chi connectivity index (χ1v) is 10.9. The molecule has 4 rings (SSSR count). The monoisotopic (exact) mass is 408 g/mol. The fourth-order valence-electron chi connectivity index (χ4n) is 4.47. The van der Waals surface area contributed by atoms with Crippen molar-refractivity contribution in [2.24, 2.45) is 0 Å². The van der Waals surface area contributed by atoms with Crippen LogP contribution in [0.25, 0.3) is 0 Å². The molecular weight excluding hydrogens is 376 g/mol.